The van der Waals surface area contributed by atoms with Crippen molar-refractivity contribution in [1.29, 1.82) is 0 Å². The molecule has 0 spiro atoms. The van der Waals surface area contributed by atoms with Gasteiger partial charge in [-0.2, -0.15) is 13.2 Å². The Balaban J connectivity index is 0.000000412. The number of allylic oxidation sites excluding steroid dienone is 1. The summed E-state index contributed by atoms with van der Waals surface area (Å²) in [5, 5.41) is 0. The average molecular weight is 370 g/mol. The van der Waals surface area contributed by atoms with E-state index in [9.17, 15) is 13.2 Å². The van der Waals surface area contributed by atoms with Gasteiger partial charge in [0.1, 0.15) is 0 Å². The van der Waals surface area contributed by atoms with Crippen molar-refractivity contribution in [3.8, 4) is 0 Å². The first-order chi connectivity index (χ1) is 11.0. The Labute approximate surface area is 154 Å². The van der Waals surface area contributed by atoms with Crippen molar-refractivity contribution < 1.29 is 30.2 Å². The monoisotopic (exact) mass is 370 g/mol. The van der Waals surface area contributed by atoms with Crippen LogP contribution >= 0.6 is 0 Å². The second-order valence-electron chi connectivity index (χ2n) is 5.08. The second kappa shape index (κ2) is 10.3. The van der Waals surface area contributed by atoms with Crippen LogP contribution in [0, 0.1) is 63.7 Å². The van der Waals surface area contributed by atoms with E-state index in [0.717, 1.165) is 29.2 Å². The summed E-state index contributed by atoms with van der Waals surface area (Å²) in [5.74, 6) is 1.08. The van der Waals surface area contributed by atoms with Crippen molar-refractivity contribution in [3.63, 3.8) is 0 Å². The normalized spacial score (nSPS) is 18.8. The van der Waals surface area contributed by atoms with Crippen molar-refractivity contribution in [2.75, 3.05) is 0 Å². The van der Waals surface area contributed by atoms with Crippen LogP contribution in [0.5, 0.6) is 0 Å². The Kier molecular flexibility index (Phi) is 9.15. The largest absolute Gasteiger partial charge is 2.00 e. The van der Waals surface area contributed by atoms with Gasteiger partial charge >= 0.3 is 23.2 Å². The molecule has 1 aromatic carbocycles. The molecule has 0 bridgehead atoms. The maximum absolute atomic E-state index is 12.4. The number of hydrogen-bond acceptors (Lipinski definition) is 0. The Bertz CT molecular complexity index is 485. The van der Waals surface area contributed by atoms with Gasteiger partial charge in [-0.25, -0.2) is 0 Å². The number of rotatable bonds is 2. The van der Waals surface area contributed by atoms with Crippen LogP contribution < -0.4 is 0 Å². The van der Waals surface area contributed by atoms with Crippen LogP contribution in [0.1, 0.15) is 18.1 Å². The van der Waals surface area contributed by atoms with E-state index in [1.54, 1.807) is 0 Å². The predicted molar refractivity (Wildman–Crippen MR) is 87.0 cm³/mol. The van der Waals surface area contributed by atoms with E-state index in [4.69, 9.17) is 0 Å². The molecular weight excluding hydrogens is 353 g/mol. The predicted octanol–water partition coefficient (Wildman–Crippen LogP) is 5.53. The summed E-state index contributed by atoms with van der Waals surface area (Å²) in [7, 11) is 0. The number of alkyl halides is 3. The van der Waals surface area contributed by atoms with Gasteiger partial charge in [0, 0.05) is 5.92 Å². The van der Waals surface area contributed by atoms with Gasteiger partial charge in [-0.3, -0.25) is 0 Å². The van der Waals surface area contributed by atoms with Crippen LogP contribution in [0.3, 0.4) is 0 Å². The summed E-state index contributed by atoms with van der Waals surface area (Å²) in [6.45, 7) is 1.94. The first-order valence-corrected chi connectivity index (χ1v) is 7.21. The Morgan fingerprint density at radius 3 is 1.67 bits per heavy atom. The number of benzene rings is 1. The molecule has 2 fully saturated rings. The summed E-state index contributed by atoms with van der Waals surface area (Å²) in [6, 6.07) is 5.17. The minimum Gasteiger partial charge on any atom is -0.166 e. The zero-order chi connectivity index (χ0) is 16.7. The Morgan fingerprint density at radius 2 is 1.25 bits per heavy atom. The molecule has 0 saturated heterocycles. The molecule has 124 valence electrons. The van der Waals surface area contributed by atoms with Crippen LogP contribution in [-0.4, -0.2) is 0 Å². The molecule has 0 atom stereocenters. The third kappa shape index (κ3) is 7.02. The molecule has 0 aliphatic heterocycles. The average Bonchev–Trinajstić information content (AvgIpc) is 3.23. The van der Waals surface area contributed by atoms with Gasteiger partial charge in [-0.05, 0) is 82.4 Å². The molecule has 24 heavy (non-hydrogen) atoms. The van der Waals surface area contributed by atoms with Gasteiger partial charge < -0.3 is 0 Å². The SMILES string of the molecule is C/C(=C\c1ccc(C(F)(F)F)cc1)[C]1[CH][CH][CH][CH]1.[CH]1[CH][CH][CH][CH]1.[Fe+2]. The summed E-state index contributed by atoms with van der Waals surface area (Å²) in [4.78, 5) is 0. The Morgan fingerprint density at radius 1 is 0.792 bits per heavy atom. The van der Waals surface area contributed by atoms with Crippen LogP contribution in [0.2, 0.25) is 0 Å². The summed E-state index contributed by atoms with van der Waals surface area (Å²) in [6.07, 6.45) is 15.4. The van der Waals surface area contributed by atoms with Crippen molar-refractivity contribution in [3.05, 3.63) is 105 Å². The van der Waals surface area contributed by atoms with Gasteiger partial charge in [-0.1, -0.05) is 23.8 Å². The van der Waals surface area contributed by atoms with Crippen LogP contribution in [0.15, 0.2) is 29.8 Å². The summed E-state index contributed by atoms with van der Waals surface area (Å²) < 4.78 is 37.2. The fourth-order valence-corrected chi connectivity index (χ4v) is 2.06. The van der Waals surface area contributed by atoms with Crippen LogP contribution in [0.25, 0.3) is 6.08 Å². The molecule has 0 heterocycles. The molecule has 2 saturated carbocycles. The van der Waals surface area contributed by atoms with Crippen LogP contribution in [0.4, 0.5) is 13.2 Å². The molecule has 0 N–H and O–H groups in total. The smallest absolute Gasteiger partial charge is 0.166 e. The third-order valence-corrected chi connectivity index (χ3v) is 3.29. The molecule has 0 unspecified atom stereocenters. The maximum atomic E-state index is 12.4. The van der Waals surface area contributed by atoms with Crippen molar-refractivity contribution in [2.45, 2.75) is 13.1 Å². The number of hydrogen-bond donors (Lipinski definition) is 0. The quantitative estimate of drug-likeness (QED) is 0.601. The molecule has 4 heteroatoms. The third-order valence-electron chi connectivity index (χ3n) is 3.29. The van der Waals surface area contributed by atoms with Crippen molar-refractivity contribution in [1.82, 2.24) is 0 Å². The first-order valence-electron chi connectivity index (χ1n) is 7.21. The first kappa shape index (κ1) is 21.3. The maximum Gasteiger partial charge on any atom is 2.00 e. The molecule has 2 aliphatic carbocycles. The minimum atomic E-state index is -4.27. The zero-order valence-electron chi connectivity index (χ0n) is 13.1. The summed E-state index contributed by atoms with van der Waals surface area (Å²) in [5.41, 5.74) is 1.17. The second-order valence-corrected chi connectivity index (χ2v) is 5.08. The van der Waals surface area contributed by atoms with Gasteiger partial charge in [0.05, 0.1) is 5.56 Å². The molecule has 0 nitrogen and oxygen atoms in total. The molecule has 1 aromatic rings. The van der Waals surface area contributed by atoms with E-state index < -0.39 is 11.7 Å². The fourth-order valence-electron chi connectivity index (χ4n) is 2.06. The van der Waals surface area contributed by atoms with E-state index in [2.05, 4.69) is 0 Å². The fraction of sp³-hybridized carbons (Fsp3) is 0.100. The van der Waals surface area contributed by atoms with Gasteiger partial charge in [0.15, 0.2) is 0 Å². The van der Waals surface area contributed by atoms with E-state index in [-0.39, 0.29) is 17.1 Å². The van der Waals surface area contributed by atoms with Crippen molar-refractivity contribution >= 4 is 6.08 Å². The van der Waals surface area contributed by atoms with E-state index in [1.165, 1.54) is 12.1 Å². The molecule has 10 radical (unpaired) electrons. The number of halogens is 3. The van der Waals surface area contributed by atoms with Gasteiger partial charge in [0.2, 0.25) is 0 Å². The van der Waals surface area contributed by atoms with E-state index in [1.807, 2.05) is 70.8 Å². The van der Waals surface area contributed by atoms with E-state index in [0.29, 0.717) is 0 Å². The zero-order valence-corrected chi connectivity index (χ0v) is 14.2. The summed E-state index contributed by atoms with van der Waals surface area (Å²) >= 11 is 0. The standard InChI is InChI=1S/C15H12F3.C5H5.Fe/c1-11(13-4-2-3-5-13)10-12-6-8-14(9-7-12)15(16,17)18;1-2-4-5-3-1;/h2-10H,1H3;1-5H;/q;;+2/b11-10+;;. The molecule has 0 aromatic heterocycles. The molecule has 2 aliphatic rings. The minimum absolute atomic E-state index is 0. The topological polar surface area (TPSA) is 0 Å². The van der Waals surface area contributed by atoms with E-state index >= 15 is 0 Å². The molecule has 3 rings (SSSR count). The van der Waals surface area contributed by atoms with Gasteiger partial charge in [0.25, 0.3) is 0 Å². The van der Waals surface area contributed by atoms with Crippen LogP contribution in [-0.2, 0) is 23.2 Å². The van der Waals surface area contributed by atoms with Gasteiger partial charge in [-0.15, -0.1) is 0 Å². The Hall–Kier alpha value is -0.731. The van der Waals surface area contributed by atoms with Crippen molar-refractivity contribution in [2.24, 2.45) is 0 Å². The molecule has 0 amide bonds. The molecular formula is C20H17F3Fe+2.